The molecule has 0 spiro atoms. The molecule has 3 N–H and O–H groups in total. The van der Waals surface area contributed by atoms with Gasteiger partial charge < -0.3 is 11.1 Å². The summed E-state index contributed by atoms with van der Waals surface area (Å²) in [6, 6.07) is 0. The smallest absolute Gasteiger partial charge is 0.220 e. The molecular weight excluding hydrogens is 236 g/mol. The third-order valence-electron chi connectivity index (χ3n) is 3.33. The summed E-state index contributed by atoms with van der Waals surface area (Å²) in [4.78, 5) is 11.6. The molecular formula is C13H27ClN2O. The van der Waals surface area contributed by atoms with Gasteiger partial charge in [0.25, 0.3) is 0 Å². The van der Waals surface area contributed by atoms with Crippen LogP contribution in [0.15, 0.2) is 0 Å². The van der Waals surface area contributed by atoms with Crippen LogP contribution in [0.5, 0.6) is 0 Å². The van der Waals surface area contributed by atoms with Crippen molar-refractivity contribution in [2.45, 2.75) is 64.3 Å². The minimum absolute atomic E-state index is 0. The van der Waals surface area contributed by atoms with E-state index in [9.17, 15) is 4.79 Å². The number of amides is 1. The first-order chi connectivity index (χ1) is 7.52. The number of hydrogen-bond donors (Lipinski definition) is 2. The number of hydrogen-bond acceptors (Lipinski definition) is 2. The van der Waals surface area contributed by atoms with Crippen molar-refractivity contribution in [2.75, 3.05) is 6.54 Å². The fourth-order valence-electron chi connectivity index (χ4n) is 2.33. The second-order valence-electron chi connectivity index (χ2n) is 5.65. The van der Waals surface area contributed by atoms with Crippen LogP contribution in [0.4, 0.5) is 0 Å². The van der Waals surface area contributed by atoms with E-state index >= 15 is 0 Å². The predicted octanol–water partition coefficient (Wildman–Crippen LogP) is 2.62. The van der Waals surface area contributed by atoms with Gasteiger partial charge in [-0.1, -0.05) is 39.5 Å². The zero-order chi connectivity index (χ0) is 12.0. The third-order valence-corrected chi connectivity index (χ3v) is 3.33. The minimum Gasteiger partial charge on any atom is -0.354 e. The summed E-state index contributed by atoms with van der Waals surface area (Å²) in [7, 11) is 0. The maximum absolute atomic E-state index is 11.6. The van der Waals surface area contributed by atoms with Gasteiger partial charge in [-0.2, -0.15) is 0 Å². The number of nitrogens with one attached hydrogen (secondary N) is 1. The highest BCUT2D eigenvalue weighted by atomic mass is 35.5. The maximum Gasteiger partial charge on any atom is 0.220 e. The highest BCUT2D eigenvalue weighted by Crippen LogP contribution is 2.24. The third kappa shape index (κ3) is 6.89. The molecule has 0 saturated heterocycles. The van der Waals surface area contributed by atoms with E-state index in [1.807, 2.05) is 0 Å². The summed E-state index contributed by atoms with van der Waals surface area (Å²) in [6.45, 7) is 4.77. The Hall–Kier alpha value is -0.280. The molecule has 4 heteroatoms. The van der Waals surface area contributed by atoms with Crippen molar-refractivity contribution < 1.29 is 4.79 Å². The number of rotatable bonds is 4. The zero-order valence-electron chi connectivity index (χ0n) is 11.1. The molecule has 0 radical (unpaired) electrons. The van der Waals surface area contributed by atoms with Crippen LogP contribution in [0.3, 0.4) is 0 Å². The van der Waals surface area contributed by atoms with Gasteiger partial charge in [0, 0.05) is 18.5 Å². The summed E-state index contributed by atoms with van der Waals surface area (Å²) in [5.41, 5.74) is 6.17. The molecule has 1 rings (SSSR count). The van der Waals surface area contributed by atoms with Gasteiger partial charge in [0.15, 0.2) is 0 Å². The Balaban J connectivity index is 0.00000256. The molecule has 1 saturated carbocycles. The summed E-state index contributed by atoms with van der Waals surface area (Å²) in [5, 5.41) is 2.99. The topological polar surface area (TPSA) is 55.1 Å². The molecule has 0 aromatic rings. The fraction of sp³-hybridized carbons (Fsp3) is 0.923. The van der Waals surface area contributed by atoms with Gasteiger partial charge in [-0.15, -0.1) is 12.4 Å². The molecule has 1 aliphatic rings. The molecule has 0 aromatic heterocycles. The Kier molecular flexibility index (Phi) is 7.80. The average molecular weight is 263 g/mol. The SMILES string of the molecule is CC(C)CC(=O)NCC1(N)CCCCCC1.Cl. The van der Waals surface area contributed by atoms with Crippen LogP contribution >= 0.6 is 12.4 Å². The van der Waals surface area contributed by atoms with Crippen LogP contribution in [0.25, 0.3) is 0 Å². The van der Waals surface area contributed by atoms with Gasteiger partial charge in [-0.3, -0.25) is 4.79 Å². The van der Waals surface area contributed by atoms with Crippen LogP contribution in [-0.4, -0.2) is 18.0 Å². The van der Waals surface area contributed by atoms with E-state index in [4.69, 9.17) is 5.73 Å². The molecule has 1 amide bonds. The van der Waals surface area contributed by atoms with Gasteiger partial charge >= 0.3 is 0 Å². The Morgan fingerprint density at radius 3 is 2.24 bits per heavy atom. The number of halogens is 1. The second kappa shape index (κ2) is 7.93. The Bertz CT molecular complexity index is 223. The van der Waals surface area contributed by atoms with Gasteiger partial charge in [0.2, 0.25) is 5.91 Å². The van der Waals surface area contributed by atoms with E-state index in [2.05, 4.69) is 19.2 Å². The lowest BCUT2D eigenvalue weighted by atomic mass is 9.91. The number of carbonyl (C=O) groups excluding carboxylic acids is 1. The zero-order valence-corrected chi connectivity index (χ0v) is 11.9. The van der Waals surface area contributed by atoms with Crippen molar-refractivity contribution >= 4 is 18.3 Å². The van der Waals surface area contributed by atoms with Crippen LogP contribution < -0.4 is 11.1 Å². The maximum atomic E-state index is 11.6. The van der Waals surface area contributed by atoms with Crippen molar-refractivity contribution in [3.05, 3.63) is 0 Å². The highest BCUT2D eigenvalue weighted by molar-refractivity contribution is 5.85. The quantitative estimate of drug-likeness (QED) is 0.766. The van der Waals surface area contributed by atoms with Crippen molar-refractivity contribution in [1.82, 2.24) is 5.32 Å². The lowest BCUT2D eigenvalue weighted by molar-refractivity contribution is -0.122. The molecule has 0 unspecified atom stereocenters. The standard InChI is InChI=1S/C13H26N2O.ClH/c1-11(2)9-12(16)15-10-13(14)7-5-3-4-6-8-13;/h11H,3-10,14H2,1-2H3,(H,15,16);1H. The average Bonchev–Trinajstić information content (AvgIpc) is 2.40. The predicted molar refractivity (Wildman–Crippen MR) is 74.3 cm³/mol. The summed E-state index contributed by atoms with van der Waals surface area (Å²) < 4.78 is 0. The molecule has 1 fully saturated rings. The van der Waals surface area contributed by atoms with Crippen LogP contribution in [0, 0.1) is 5.92 Å². The largest absolute Gasteiger partial charge is 0.354 e. The summed E-state index contributed by atoms with van der Waals surface area (Å²) in [6.07, 6.45) is 7.70. The monoisotopic (exact) mass is 262 g/mol. The van der Waals surface area contributed by atoms with E-state index < -0.39 is 0 Å². The van der Waals surface area contributed by atoms with Crippen molar-refractivity contribution in [3.8, 4) is 0 Å². The van der Waals surface area contributed by atoms with E-state index in [1.165, 1.54) is 25.7 Å². The van der Waals surface area contributed by atoms with E-state index in [-0.39, 0.29) is 23.9 Å². The van der Waals surface area contributed by atoms with Crippen molar-refractivity contribution in [3.63, 3.8) is 0 Å². The second-order valence-corrected chi connectivity index (χ2v) is 5.65. The molecule has 1 aliphatic carbocycles. The van der Waals surface area contributed by atoms with Crippen molar-refractivity contribution in [1.29, 1.82) is 0 Å². The highest BCUT2D eigenvalue weighted by Gasteiger charge is 2.26. The number of carbonyl (C=O) groups is 1. The van der Waals surface area contributed by atoms with E-state index in [0.717, 1.165) is 12.8 Å². The van der Waals surface area contributed by atoms with E-state index in [1.54, 1.807) is 0 Å². The molecule has 3 nitrogen and oxygen atoms in total. The van der Waals surface area contributed by atoms with Crippen LogP contribution in [0.1, 0.15) is 58.8 Å². The normalized spacial score (nSPS) is 19.3. The first kappa shape index (κ1) is 16.7. The Labute approximate surface area is 111 Å². The summed E-state index contributed by atoms with van der Waals surface area (Å²) in [5.74, 6) is 0.562. The lowest BCUT2D eigenvalue weighted by Gasteiger charge is -2.28. The Morgan fingerprint density at radius 1 is 1.24 bits per heavy atom. The van der Waals surface area contributed by atoms with Crippen LogP contribution in [0.2, 0.25) is 0 Å². The van der Waals surface area contributed by atoms with Crippen molar-refractivity contribution in [2.24, 2.45) is 11.7 Å². The van der Waals surface area contributed by atoms with E-state index in [0.29, 0.717) is 18.9 Å². The molecule has 0 aromatic carbocycles. The molecule has 0 bridgehead atoms. The van der Waals surface area contributed by atoms with Gasteiger partial charge in [0.05, 0.1) is 0 Å². The molecule has 0 heterocycles. The number of nitrogens with two attached hydrogens (primary N) is 1. The van der Waals surface area contributed by atoms with Crippen LogP contribution in [-0.2, 0) is 4.79 Å². The molecule has 17 heavy (non-hydrogen) atoms. The van der Waals surface area contributed by atoms with Gasteiger partial charge in [0.1, 0.15) is 0 Å². The molecule has 0 aliphatic heterocycles. The summed E-state index contributed by atoms with van der Waals surface area (Å²) >= 11 is 0. The molecule has 0 atom stereocenters. The Morgan fingerprint density at radius 2 is 1.76 bits per heavy atom. The van der Waals surface area contributed by atoms with Gasteiger partial charge in [-0.05, 0) is 18.8 Å². The molecule has 102 valence electrons. The lowest BCUT2D eigenvalue weighted by Crippen LogP contribution is -2.49. The first-order valence-corrected chi connectivity index (χ1v) is 6.57. The fourth-order valence-corrected chi connectivity index (χ4v) is 2.33. The van der Waals surface area contributed by atoms with Gasteiger partial charge in [-0.25, -0.2) is 0 Å². The minimum atomic E-state index is -0.150. The first-order valence-electron chi connectivity index (χ1n) is 6.57.